The zero-order valence-corrected chi connectivity index (χ0v) is 11.2. The smallest absolute Gasteiger partial charge is 0.206 e. The molecule has 0 aliphatic carbocycles. The van der Waals surface area contributed by atoms with E-state index in [1.165, 1.54) is 15.6 Å². The number of hydrogen-bond acceptors (Lipinski definition) is 4. The van der Waals surface area contributed by atoms with E-state index in [1.807, 2.05) is 0 Å². The van der Waals surface area contributed by atoms with Crippen molar-refractivity contribution >= 4 is 49.1 Å². The lowest BCUT2D eigenvalue weighted by atomic mass is 10.7. The second kappa shape index (κ2) is 4.13. The summed E-state index contributed by atoms with van der Waals surface area (Å²) in [7, 11) is -3.22. The third-order valence-corrected chi connectivity index (χ3v) is 6.93. The molecule has 0 aromatic carbocycles. The molecule has 0 N–H and O–H groups in total. The van der Waals surface area contributed by atoms with Crippen molar-refractivity contribution in [3.8, 4) is 0 Å². The Balaban J connectivity index is 2.32. The largest absolute Gasteiger partial charge is 0.253 e. The molecule has 1 aliphatic heterocycles. The molecule has 0 bridgehead atoms. The number of halogens is 1. The van der Waals surface area contributed by atoms with Crippen LogP contribution in [0.3, 0.4) is 0 Å². The van der Waals surface area contributed by atoms with Crippen molar-refractivity contribution in [2.24, 2.45) is 0 Å². The van der Waals surface area contributed by atoms with Gasteiger partial charge >= 0.3 is 0 Å². The minimum Gasteiger partial charge on any atom is -0.206 e. The lowest BCUT2D eigenvalue weighted by Crippen LogP contribution is -2.27. The summed E-state index contributed by atoms with van der Waals surface area (Å²) in [5.74, 6) is 1.48. The maximum Gasteiger partial charge on any atom is 0.253 e. The van der Waals surface area contributed by atoms with E-state index in [9.17, 15) is 8.42 Å². The van der Waals surface area contributed by atoms with Crippen molar-refractivity contribution in [2.45, 2.75) is 4.21 Å². The van der Waals surface area contributed by atoms with Gasteiger partial charge in [-0.15, -0.1) is 23.1 Å². The highest BCUT2D eigenvalue weighted by atomic mass is 79.9. The third kappa shape index (κ3) is 2.01. The van der Waals surface area contributed by atoms with Crippen LogP contribution in [0.1, 0.15) is 0 Å². The summed E-state index contributed by atoms with van der Waals surface area (Å²) < 4.78 is 26.7. The highest BCUT2D eigenvalue weighted by Gasteiger charge is 2.28. The lowest BCUT2D eigenvalue weighted by molar-refractivity contribution is 0.491. The van der Waals surface area contributed by atoms with Crippen molar-refractivity contribution in [3.63, 3.8) is 0 Å². The van der Waals surface area contributed by atoms with Crippen LogP contribution >= 0.6 is 39.0 Å². The molecule has 0 amide bonds. The van der Waals surface area contributed by atoms with Crippen LogP contribution in [0, 0.1) is 0 Å². The van der Waals surface area contributed by atoms with E-state index in [4.69, 9.17) is 0 Å². The second-order valence-electron chi connectivity index (χ2n) is 2.78. The molecule has 1 aromatic rings. The zero-order chi connectivity index (χ0) is 10.2. The van der Waals surface area contributed by atoms with E-state index < -0.39 is 10.0 Å². The average molecular weight is 314 g/mol. The molecule has 78 valence electrons. The van der Waals surface area contributed by atoms with Crippen LogP contribution < -0.4 is 0 Å². The Morgan fingerprint density at radius 3 is 2.71 bits per heavy atom. The van der Waals surface area contributed by atoms with Gasteiger partial charge in [0.25, 0.3) is 10.0 Å². The van der Waals surface area contributed by atoms with Gasteiger partial charge in [0, 0.05) is 12.3 Å². The summed E-state index contributed by atoms with van der Waals surface area (Å²) in [6, 6.07) is 3.41. The number of thiophene rings is 1. The quantitative estimate of drug-likeness (QED) is 0.840. The topological polar surface area (TPSA) is 37.4 Å². The standard InChI is InChI=1S/C7H8BrNO2S3/c8-6-1-2-7(13-6)14(10,11)9-3-4-12-5-9/h1-2H,3-5H2. The normalized spacial score (nSPS) is 18.9. The number of nitrogens with zero attached hydrogens (tertiary/aromatic N) is 1. The molecule has 14 heavy (non-hydrogen) atoms. The fourth-order valence-electron chi connectivity index (χ4n) is 1.15. The van der Waals surface area contributed by atoms with E-state index in [1.54, 1.807) is 23.9 Å². The van der Waals surface area contributed by atoms with Crippen LogP contribution in [0.4, 0.5) is 0 Å². The van der Waals surface area contributed by atoms with Gasteiger partial charge in [0.2, 0.25) is 0 Å². The first-order chi connectivity index (χ1) is 6.60. The molecule has 0 unspecified atom stereocenters. The lowest BCUT2D eigenvalue weighted by Gasteiger charge is -2.12. The highest BCUT2D eigenvalue weighted by molar-refractivity contribution is 9.11. The summed E-state index contributed by atoms with van der Waals surface area (Å²) in [5, 5.41) is 0. The molecule has 1 fully saturated rings. The Morgan fingerprint density at radius 1 is 1.43 bits per heavy atom. The van der Waals surface area contributed by atoms with Gasteiger partial charge in [0.1, 0.15) is 4.21 Å². The summed E-state index contributed by atoms with van der Waals surface area (Å²) in [6.45, 7) is 0.627. The third-order valence-electron chi connectivity index (χ3n) is 1.86. The summed E-state index contributed by atoms with van der Waals surface area (Å²) in [5.41, 5.74) is 0. The molecule has 2 rings (SSSR count). The summed E-state index contributed by atoms with van der Waals surface area (Å²) in [4.78, 5) is 0. The first kappa shape index (κ1) is 10.9. The predicted octanol–water partition coefficient (Wildman–Crippen LogP) is 2.21. The Labute approximate surface area is 99.7 Å². The molecule has 3 nitrogen and oxygen atoms in total. The van der Waals surface area contributed by atoms with E-state index in [0.29, 0.717) is 16.6 Å². The molecule has 2 heterocycles. The van der Waals surface area contributed by atoms with Gasteiger partial charge in [-0.2, -0.15) is 4.31 Å². The van der Waals surface area contributed by atoms with Crippen molar-refractivity contribution in [3.05, 3.63) is 15.9 Å². The fraction of sp³-hybridized carbons (Fsp3) is 0.429. The van der Waals surface area contributed by atoms with Gasteiger partial charge < -0.3 is 0 Å². The molecule has 0 atom stereocenters. The van der Waals surface area contributed by atoms with Crippen molar-refractivity contribution in [2.75, 3.05) is 18.2 Å². The van der Waals surface area contributed by atoms with Crippen LogP contribution in [0.2, 0.25) is 0 Å². The number of thioether (sulfide) groups is 1. The van der Waals surface area contributed by atoms with Crippen LogP contribution in [-0.2, 0) is 10.0 Å². The molecule has 7 heteroatoms. The molecule has 1 aromatic heterocycles. The second-order valence-corrected chi connectivity index (χ2v) is 8.48. The van der Waals surface area contributed by atoms with Gasteiger partial charge in [-0.05, 0) is 28.1 Å². The molecule has 1 aliphatic rings. The number of hydrogen-bond donors (Lipinski definition) is 0. The van der Waals surface area contributed by atoms with Crippen molar-refractivity contribution < 1.29 is 8.42 Å². The van der Waals surface area contributed by atoms with Crippen LogP contribution in [0.25, 0.3) is 0 Å². The Kier molecular flexibility index (Phi) is 3.23. The maximum absolute atomic E-state index is 11.9. The van der Waals surface area contributed by atoms with Crippen molar-refractivity contribution in [1.29, 1.82) is 0 Å². The van der Waals surface area contributed by atoms with E-state index in [0.717, 1.165) is 9.54 Å². The van der Waals surface area contributed by atoms with Crippen LogP contribution in [0.15, 0.2) is 20.1 Å². The van der Waals surface area contributed by atoms with E-state index in [-0.39, 0.29) is 0 Å². The number of rotatable bonds is 2. The van der Waals surface area contributed by atoms with Crippen LogP contribution in [-0.4, -0.2) is 30.9 Å². The van der Waals surface area contributed by atoms with Crippen molar-refractivity contribution in [1.82, 2.24) is 4.31 Å². The van der Waals surface area contributed by atoms with E-state index in [2.05, 4.69) is 15.9 Å². The van der Waals surface area contributed by atoms with Gasteiger partial charge in [0.05, 0.1) is 9.66 Å². The molecule has 0 saturated carbocycles. The fourth-order valence-corrected chi connectivity index (χ4v) is 6.13. The first-order valence-corrected chi connectivity index (χ1v) is 8.14. The first-order valence-electron chi connectivity index (χ1n) is 3.94. The monoisotopic (exact) mass is 313 g/mol. The van der Waals surface area contributed by atoms with Gasteiger partial charge in [-0.25, -0.2) is 8.42 Å². The van der Waals surface area contributed by atoms with E-state index >= 15 is 0 Å². The molecule has 1 saturated heterocycles. The van der Waals surface area contributed by atoms with Gasteiger partial charge in [-0.1, -0.05) is 0 Å². The molecule has 0 radical (unpaired) electrons. The Bertz CT molecular complexity index is 422. The molecule has 0 spiro atoms. The average Bonchev–Trinajstić information content (AvgIpc) is 2.72. The van der Waals surface area contributed by atoms with Gasteiger partial charge in [0.15, 0.2) is 0 Å². The minimum absolute atomic E-state index is 0.423. The predicted molar refractivity (Wildman–Crippen MR) is 63.2 cm³/mol. The van der Waals surface area contributed by atoms with Crippen LogP contribution in [0.5, 0.6) is 0 Å². The Morgan fingerprint density at radius 2 is 2.21 bits per heavy atom. The molecular weight excluding hydrogens is 306 g/mol. The molecular formula is C7H8BrNO2S3. The maximum atomic E-state index is 11.9. The zero-order valence-electron chi connectivity index (χ0n) is 7.14. The minimum atomic E-state index is -3.22. The Hall–Kier alpha value is 0.440. The SMILES string of the molecule is O=S(=O)(c1ccc(Br)s1)N1CCSC1. The van der Waals surface area contributed by atoms with Gasteiger partial charge in [-0.3, -0.25) is 0 Å². The highest BCUT2D eigenvalue weighted by Crippen LogP contribution is 2.30. The number of sulfonamides is 1. The summed E-state index contributed by atoms with van der Waals surface area (Å²) in [6.07, 6.45) is 0. The summed E-state index contributed by atoms with van der Waals surface area (Å²) >= 11 is 6.17.